The van der Waals surface area contributed by atoms with Gasteiger partial charge >= 0.3 is 0 Å². The number of thioether (sulfide) groups is 1. The van der Waals surface area contributed by atoms with E-state index in [-0.39, 0.29) is 0 Å². The third kappa shape index (κ3) is 2.90. The highest BCUT2D eigenvalue weighted by Gasteiger charge is 2.14. The van der Waals surface area contributed by atoms with Crippen LogP contribution in [0.15, 0.2) is 5.03 Å². The van der Waals surface area contributed by atoms with Crippen molar-refractivity contribution in [1.29, 1.82) is 5.26 Å². The van der Waals surface area contributed by atoms with Crippen molar-refractivity contribution >= 4 is 23.4 Å². The molecule has 15 heavy (non-hydrogen) atoms. The van der Waals surface area contributed by atoms with Gasteiger partial charge in [0.25, 0.3) is 0 Å². The summed E-state index contributed by atoms with van der Waals surface area (Å²) in [7, 11) is 1.86. The molecule has 0 aliphatic carbocycles. The van der Waals surface area contributed by atoms with Gasteiger partial charge in [-0.05, 0) is 12.8 Å². The molecule has 0 saturated carbocycles. The van der Waals surface area contributed by atoms with E-state index in [0.29, 0.717) is 17.4 Å². The average molecular weight is 244 g/mol. The third-order valence-electron chi connectivity index (χ3n) is 2.05. The van der Waals surface area contributed by atoms with Gasteiger partial charge in [-0.3, -0.25) is 4.68 Å². The van der Waals surface area contributed by atoms with Crippen LogP contribution in [0.3, 0.4) is 0 Å². The van der Waals surface area contributed by atoms with E-state index in [1.165, 1.54) is 0 Å². The van der Waals surface area contributed by atoms with Crippen molar-refractivity contribution in [2.75, 3.05) is 11.6 Å². The lowest BCUT2D eigenvalue weighted by Crippen LogP contribution is -2.01. The standard InChI is InChI=1S/C10H14ClN3S/c1-7(4-11)6-15-10-9(5-12)8(2)13-14(10)3/h7H,4,6H2,1-3H3. The van der Waals surface area contributed by atoms with Crippen LogP contribution in [-0.2, 0) is 7.05 Å². The van der Waals surface area contributed by atoms with E-state index < -0.39 is 0 Å². The summed E-state index contributed by atoms with van der Waals surface area (Å²) in [4.78, 5) is 0. The fourth-order valence-electron chi connectivity index (χ4n) is 1.20. The van der Waals surface area contributed by atoms with E-state index in [1.54, 1.807) is 16.4 Å². The summed E-state index contributed by atoms with van der Waals surface area (Å²) in [5.74, 6) is 2.00. The molecule has 1 aromatic rings. The minimum absolute atomic E-state index is 0.443. The van der Waals surface area contributed by atoms with Gasteiger partial charge in [-0.25, -0.2) is 0 Å². The molecule has 0 aromatic carbocycles. The van der Waals surface area contributed by atoms with Crippen molar-refractivity contribution < 1.29 is 0 Å². The van der Waals surface area contributed by atoms with E-state index in [9.17, 15) is 0 Å². The van der Waals surface area contributed by atoms with E-state index >= 15 is 0 Å². The van der Waals surface area contributed by atoms with Crippen LogP contribution in [0.2, 0.25) is 0 Å². The number of nitriles is 1. The van der Waals surface area contributed by atoms with Crippen molar-refractivity contribution in [2.45, 2.75) is 18.9 Å². The molecular weight excluding hydrogens is 230 g/mol. The second-order valence-electron chi connectivity index (χ2n) is 3.57. The van der Waals surface area contributed by atoms with Gasteiger partial charge in [-0.1, -0.05) is 6.92 Å². The summed E-state index contributed by atoms with van der Waals surface area (Å²) >= 11 is 7.38. The van der Waals surface area contributed by atoms with Crippen LogP contribution >= 0.6 is 23.4 Å². The fraction of sp³-hybridized carbons (Fsp3) is 0.600. The minimum Gasteiger partial charge on any atom is -0.260 e. The molecule has 0 saturated heterocycles. The predicted molar refractivity (Wildman–Crippen MR) is 63.3 cm³/mol. The van der Waals surface area contributed by atoms with Crippen LogP contribution < -0.4 is 0 Å². The van der Waals surface area contributed by atoms with Gasteiger partial charge in [0.1, 0.15) is 16.7 Å². The van der Waals surface area contributed by atoms with Gasteiger partial charge in [0, 0.05) is 18.7 Å². The van der Waals surface area contributed by atoms with Crippen LogP contribution in [0.25, 0.3) is 0 Å². The number of rotatable bonds is 4. The van der Waals surface area contributed by atoms with Gasteiger partial charge in [0.05, 0.1) is 5.69 Å². The van der Waals surface area contributed by atoms with Crippen LogP contribution in [0.4, 0.5) is 0 Å². The zero-order chi connectivity index (χ0) is 11.4. The molecule has 0 radical (unpaired) electrons. The van der Waals surface area contributed by atoms with Gasteiger partial charge in [-0.15, -0.1) is 23.4 Å². The Hall–Kier alpha value is -0.660. The topological polar surface area (TPSA) is 41.6 Å². The second-order valence-corrected chi connectivity index (χ2v) is 4.89. The molecule has 1 rings (SSSR count). The SMILES string of the molecule is Cc1nn(C)c(SCC(C)CCl)c1C#N. The Kier molecular flexibility index (Phi) is 4.49. The molecule has 1 atom stereocenters. The Balaban J connectivity index is 2.81. The van der Waals surface area contributed by atoms with Crippen molar-refractivity contribution in [1.82, 2.24) is 9.78 Å². The Morgan fingerprint density at radius 2 is 2.33 bits per heavy atom. The summed E-state index contributed by atoms with van der Waals surface area (Å²) in [6.45, 7) is 3.95. The van der Waals surface area contributed by atoms with Crippen LogP contribution in [0.5, 0.6) is 0 Å². The Labute approximate surface area is 99.4 Å². The highest BCUT2D eigenvalue weighted by molar-refractivity contribution is 7.99. The van der Waals surface area contributed by atoms with Crippen molar-refractivity contribution in [2.24, 2.45) is 13.0 Å². The highest BCUT2D eigenvalue weighted by Crippen LogP contribution is 2.26. The number of aryl methyl sites for hydroxylation is 2. The first kappa shape index (κ1) is 12.4. The molecule has 0 aliphatic rings. The number of hydrogen-bond donors (Lipinski definition) is 0. The number of aromatic nitrogens is 2. The monoisotopic (exact) mass is 243 g/mol. The largest absolute Gasteiger partial charge is 0.260 e. The lowest BCUT2D eigenvalue weighted by molar-refractivity contribution is 0.687. The first-order valence-electron chi connectivity index (χ1n) is 4.72. The maximum Gasteiger partial charge on any atom is 0.112 e. The zero-order valence-electron chi connectivity index (χ0n) is 9.12. The molecule has 1 aromatic heterocycles. The molecule has 0 bridgehead atoms. The average Bonchev–Trinajstić information content (AvgIpc) is 2.49. The maximum absolute atomic E-state index is 8.99. The normalized spacial score (nSPS) is 12.5. The molecule has 5 heteroatoms. The molecular formula is C10H14ClN3S. The Morgan fingerprint density at radius 3 is 2.87 bits per heavy atom. The Bertz CT molecular complexity index is 381. The lowest BCUT2D eigenvalue weighted by atomic mass is 10.3. The summed E-state index contributed by atoms with van der Waals surface area (Å²) in [6.07, 6.45) is 0. The second kappa shape index (κ2) is 5.43. The van der Waals surface area contributed by atoms with Crippen molar-refractivity contribution in [3.05, 3.63) is 11.3 Å². The summed E-state index contributed by atoms with van der Waals surface area (Å²) in [5.41, 5.74) is 1.48. The summed E-state index contributed by atoms with van der Waals surface area (Å²) in [6, 6.07) is 2.19. The number of halogens is 1. The lowest BCUT2D eigenvalue weighted by Gasteiger charge is -2.06. The maximum atomic E-state index is 8.99. The highest BCUT2D eigenvalue weighted by atomic mass is 35.5. The molecule has 3 nitrogen and oxygen atoms in total. The van der Waals surface area contributed by atoms with E-state index in [0.717, 1.165) is 16.5 Å². The molecule has 0 N–H and O–H groups in total. The molecule has 1 heterocycles. The number of alkyl halides is 1. The molecule has 1 unspecified atom stereocenters. The molecule has 0 aliphatic heterocycles. The van der Waals surface area contributed by atoms with Gasteiger partial charge in [0.15, 0.2) is 0 Å². The quantitative estimate of drug-likeness (QED) is 0.603. The van der Waals surface area contributed by atoms with E-state index in [2.05, 4.69) is 18.1 Å². The molecule has 0 spiro atoms. The summed E-state index contributed by atoms with van der Waals surface area (Å²) < 4.78 is 1.76. The first-order valence-corrected chi connectivity index (χ1v) is 6.24. The minimum atomic E-state index is 0.443. The predicted octanol–water partition coefficient (Wildman–Crippen LogP) is 2.57. The van der Waals surface area contributed by atoms with Gasteiger partial charge < -0.3 is 0 Å². The van der Waals surface area contributed by atoms with Gasteiger partial charge in [0.2, 0.25) is 0 Å². The number of nitrogens with zero attached hydrogens (tertiary/aromatic N) is 3. The van der Waals surface area contributed by atoms with Crippen LogP contribution in [0.1, 0.15) is 18.2 Å². The zero-order valence-corrected chi connectivity index (χ0v) is 10.7. The van der Waals surface area contributed by atoms with Crippen LogP contribution in [-0.4, -0.2) is 21.4 Å². The van der Waals surface area contributed by atoms with E-state index in [4.69, 9.17) is 16.9 Å². The molecule has 0 amide bonds. The summed E-state index contributed by atoms with van der Waals surface area (Å²) in [5, 5.41) is 14.2. The molecule has 82 valence electrons. The smallest absolute Gasteiger partial charge is 0.112 e. The fourth-order valence-corrected chi connectivity index (χ4v) is 2.56. The van der Waals surface area contributed by atoms with Crippen molar-refractivity contribution in [3.8, 4) is 6.07 Å². The van der Waals surface area contributed by atoms with Gasteiger partial charge in [-0.2, -0.15) is 10.4 Å². The third-order valence-corrected chi connectivity index (χ3v) is 4.05. The first-order chi connectivity index (χ1) is 7.10. The Morgan fingerprint density at radius 1 is 1.67 bits per heavy atom. The number of hydrogen-bond acceptors (Lipinski definition) is 3. The molecule has 0 fully saturated rings. The van der Waals surface area contributed by atoms with Crippen molar-refractivity contribution in [3.63, 3.8) is 0 Å². The van der Waals surface area contributed by atoms with Crippen LogP contribution in [0, 0.1) is 24.2 Å². The van der Waals surface area contributed by atoms with E-state index in [1.807, 2.05) is 14.0 Å².